The number of rotatable bonds is 4. The summed E-state index contributed by atoms with van der Waals surface area (Å²) in [5, 5.41) is 3.78. The summed E-state index contributed by atoms with van der Waals surface area (Å²) in [7, 11) is 0. The molecule has 0 aliphatic heterocycles. The molecule has 3 heteroatoms. The van der Waals surface area contributed by atoms with Gasteiger partial charge in [-0.3, -0.25) is 4.98 Å². The molecule has 4 aliphatic carbocycles. The summed E-state index contributed by atoms with van der Waals surface area (Å²) in [5.41, 5.74) is 8.87. The maximum atomic E-state index is 6.29. The van der Waals surface area contributed by atoms with E-state index in [0.717, 1.165) is 30.0 Å². The maximum absolute atomic E-state index is 6.29. The Morgan fingerprint density at radius 1 is 1.24 bits per heavy atom. The lowest BCUT2D eigenvalue weighted by Crippen LogP contribution is -2.52. The summed E-state index contributed by atoms with van der Waals surface area (Å²) in [6.07, 6.45) is 12.5. The lowest BCUT2D eigenvalue weighted by molar-refractivity contribution is -0.0745. The Morgan fingerprint density at radius 2 is 1.86 bits per heavy atom. The largest absolute Gasteiger partial charge is 0.398 e. The van der Waals surface area contributed by atoms with E-state index in [2.05, 4.69) is 17.2 Å². The third-order valence-corrected chi connectivity index (χ3v) is 6.30. The number of hydrogen-bond donors (Lipinski definition) is 2. The second-order valence-electron chi connectivity index (χ2n) is 7.78. The van der Waals surface area contributed by atoms with E-state index in [4.69, 9.17) is 5.73 Å². The molecule has 4 fully saturated rings. The van der Waals surface area contributed by atoms with Crippen LogP contribution in [0, 0.1) is 23.2 Å². The fourth-order valence-corrected chi connectivity index (χ4v) is 6.05. The van der Waals surface area contributed by atoms with Crippen molar-refractivity contribution in [2.75, 3.05) is 12.3 Å². The van der Waals surface area contributed by atoms with Crippen LogP contribution in [0.4, 0.5) is 5.69 Å². The normalized spacial score (nSPS) is 38.6. The fourth-order valence-electron chi connectivity index (χ4n) is 6.05. The summed E-state index contributed by atoms with van der Waals surface area (Å²) >= 11 is 0. The Hall–Kier alpha value is -1.09. The van der Waals surface area contributed by atoms with Gasteiger partial charge in [0.1, 0.15) is 0 Å². The number of aromatic nitrogens is 1. The number of nitrogens with one attached hydrogen (secondary N) is 1. The van der Waals surface area contributed by atoms with Crippen molar-refractivity contribution in [2.45, 2.75) is 51.5 Å². The molecule has 1 aromatic rings. The standard InChI is InChI=1S/C18H27N3/c1-2-21-17(15-11-20-4-3-16(15)19)18-8-12-5-13(9-18)7-14(6-12)10-18/h3-4,11-14,17,21H,2,5-10H2,1H3,(H2,19,20). The second-order valence-corrected chi connectivity index (χ2v) is 7.78. The quantitative estimate of drug-likeness (QED) is 0.889. The molecule has 4 aliphatic rings. The van der Waals surface area contributed by atoms with Gasteiger partial charge in [-0.25, -0.2) is 0 Å². The van der Waals surface area contributed by atoms with Crippen LogP contribution in [0.5, 0.6) is 0 Å². The van der Waals surface area contributed by atoms with Gasteiger partial charge in [-0.15, -0.1) is 0 Å². The summed E-state index contributed by atoms with van der Waals surface area (Å²) < 4.78 is 0. The van der Waals surface area contributed by atoms with Crippen molar-refractivity contribution in [2.24, 2.45) is 23.2 Å². The van der Waals surface area contributed by atoms with E-state index in [0.29, 0.717) is 11.5 Å². The van der Waals surface area contributed by atoms with Gasteiger partial charge >= 0.3 is 0 Å². The predicted octanol–water partition coefficient (Wildman–Crippen LogP) is 3.53. The molecule has 0 amide bonds. The molecule has 4 saturated carbocycles. The molecule has 0 saturated heterocycles. The van der Waals surface area contributed by atoms with Crippen molar-refractivity contribution in [3.63, 3.8) is 0 Å². The van der Waals surface area contributed by atoms with Gasteiger partial charge in [0.2, 0.25) is 0 Å². The molecule has 1 heterocycles. The highest BCUT2D eigenvalue weighted by atomic mass is 14.9. The van der Waals surface area contributed by atoms with Crippen LogP contribution in [0.1, 0.15) is 57.1 Å². The van der Waals surface area contributed by atoms with Crippen LogP contribution >= 0.6 is 0 Å². The number of nitrogens with zero attached hydrogens (tertiary/aromatic N) is 1. The average Bonchev–Trinajstić information content (AvgIpc) is 2.44. The summed E-state index contributed by atoms with van der Waals surface area (Å²) in [4.78, 5) is 4.36. The van der Waals surface area contributed by atoms with Crippen molar-refractivity contribution in [3.8, 4) is 0 Å². The molecule has 1 atom stereocenters. The van der Waals surface area contributed by atoms with E-state index in [1.807, 2.05) is 18.5 Å². The van der Waals surface area contributed by atoms with E-state index >= 15 is 0 Å². The van der Waals surface area contributed by atoms with Gasteiger partial charge in [0.05, 0.1) is 0 Å². The molecule has 0 spiro atoms. The van der Waals surface area contributed by atoms with E-state index in [1.165, 1.54) is 44.1 Å². The zero-order chi connectivity index (χ0) is 14.4. The SMILES string of the molecule is CCNC(c1cnccc1N)C12CC3CC(CC(C3)C1)C2. The molecular weight excluding hydrogens is 258 g/mol. The van der Waals surface area contributed by atoms with Gasteiger partial charge in [-0.1, -0.05) is 6.92 Å². The first-order valence-electron chi connectivity index (χ1n) is 8.63. The molecule has 5 rings (SSSR count). The smallest absolute Gasteiger partial charge is 0.0413 e. The van der Waals surface area contributed by atoms with Gasteiger partial charge in [0, 0.05) is 29.7 Å². The lowest BCUT2D eigenvalue weighted by atomic mass is 9.47. The van der Waals surface area contributed by atoms with Crippen molar-refractivity contribution in [1.82, 2.24) is 10.3 Å². The topological polar surface area (TPSA) is 50.9 Å². The van der Waals surface area contributed by atoms with Crippen molar-refractivity contribution in [1.29, 1.82) is 0 Å². The molecule has 0 radical (unpaired) electrons. The predicted molar refractivity (Wildman–Crippen MR) is 85.7 cm³/mol. The minimum atomic E-state index is 0.393. The van der Waals surface area contributed by atoms with E-state index in [1.54, 1.807) is 0 Å². The number of anilines is 1. The Morgan fingerprint density at radius 3 is 2.38 bits per heavy atom. The van der Waals surface area contributed by atoms with Crippen LogP contribution in [-0.2, 0) is 0 Å². The first kappa shape index (κ1) is 13.6. The van der Waals surface area contributed by atoms with Crippen molar-refractivity contribution < 1.29 is 0 Å². The van der Waals surface area contributed by atoms with E-state index in [-0.39, 0.29) is 0 Å². The van der Waals surface area contributed by atoms with Crippen LogP contribution < -0.4 is 11.1 Å². The molecular formula is C18H27N3. The molecule has 1 unspecified atom stereocenters. The monoisotopic (exact) mass is 285 g/mol. The lowest BCUT2D eigenvalue weighted by Gasteiger charge is -2.59. The van der Waals surface area contributed by atoms with Crippen molar-refractivity contribution in [3.05, 3.63) is 24.0 Å². The Kier molecular flexibility index (Phi) is 3.21. The molecule has 0 aromatic carbocycles. The summed E-state index contributed by atoms with van der Waals surface area (Å²) in [6, 6.07) is 2.35. The van der Waals surface area contributed by atoms with Gasteiger partial charge in [0.15, 0.2) is 0 Å². The van der Waals surface area contributed by atoms with Gasteiger partial charge in [0.25, 0.3) is 0 Å². The van der Waals surface area contributed by atoms with E-state index in [9.17, 15) is 0 Å². The van der Waals surface area contributed by atoms with Gasteiger partial charge in [-0.2, -0.15) is 0 Å². The Balaban J connectivity index is 1.72. The highest BCUT2D eigenvalue weighted by Gasteiger charge is 2.54. The number of nitrogens with two attached hydrogens (primary N) is 1. The van der Waals surface area contributed by atoms with E-state index < -0.39 is 0 Å². The van der Waals surface area contributed by atoms with Gasteiger partial charge in [-0.05, 0) is 74.3 Å². The third-order valence-electron chi connectivity index (χ3n) is 6.30. The molecule has 3 nitrogen and oxygen atoms in total. The zero-order valence-electron chi connectivity index (χ0n) is 13.0. The average molecular weight is 285 g/mol. The molecule has 21 heavy (non-hydrogen) atoms. The fraction of sp³-hybridized carbons (Fsp3) is 0.722. The number of nitrogen functional groups attached to an aromatic ring is 1. The first-order valence-corrected chi connectivity index (χ1v) is 8.63. The molecule has 1 aromatic heterocycles. The second kappa shape index (κ2) is 4.98. The van der Waals surface area contributed by atoms with Crippen LogP contribution in [0.15, 0.2) is 18.5 Å². The summed E-state index contributed by atoms with van der Waals surface area (Å²) in [6.45, 7) is 3.21. The highest BCUT2D eigenvalue weighted by molar-refractivity contribution is 5.47. The number of pyridine rings is 1. The van der Waals surface area contributed by atoms with Crippen molar-refractivity contribution >= 4 is 5.69 Å². The maximum Gasteiger partial charge on any atom is 0.0413 e. The highest BCUT2D eigenvalue weighted by Crippen LogP contribution is 2.64. The van der Waals surface area contributed by atoms with Crippen LogP contribution in [0.2, 0.25) is 0 Å². The molecule has 114 valence electrons. The summed E-state index contributed by atoms with van der Waals surface area (Å²) in [5.74, 6) is 2.90. The third kappa shape index (κ3) is 2.17. The van der Waals surface area contributed by atoms with Crippen LogP contribution in [-0.4, -0.2) is 11.5 Å². The first-order chi connectivity index (χ1) is 10.2. The number of hydrogen-bond acceptors (Lipinski definition) is 3. The molecule has 4 bridgehead atoms. The Labute approximate surface area is 127 Å². The van der Waals surface area contributed by atoms with Crippen LogP contribution in [0.3, 0.4) is 0 Å². The van der Waals surface area contributed by atoms with Gasteiger partial charge < -0.3 is 11.1 Å². The molecule has 3 N–H and O–H groups in total. The minimum Gasteiger partial charge on any atom is -0.398 e. The van der Waals surface area contributed by atoms with Crippen LogP contribution in [0.25, 0.3) is 0 Å². The zero-order valence-corrected chi connectivity index (χ0v) is 13.0. The Bertz CT molecular complexity index is 490. The minimum absolute atomic E-state index is 0.393.